The summed E-state index contributed by atoms with van der Waals surface area (Å²) < 4.78 is 5.25. The van der Waals surface area contributed by atoms with E-state index in [4.69, 9.17) is 10.5 Å². The second-order valence-corrected chi connectivity index (χ2v) is 2.30. The number of nitrogens with two attached hydrogens (primary N) is 1. The average molecular weight is 152 g/mol. The van der Waals surface area contributed by atoms with Gasteiger partial charge in [0.05, 0.1) is 6.61 Å². The smallest absolute Gasteiger partial charge is 0.127 e. The molecule has 0 unspecified atom stereocenters. The Morgan fingerprint density at radius 1 is 1.55 bits per heavy atom. The van der Waals surface area contributed by atoms with Gasteiger partial charge in [0.25, 0.3) is 0 Å². The molecule has 0 aliphatic carbocycles. The largest absolute Gasteiger partial charge is 0.494 e. The molecular formula is C8H12N2O. The van der Waals surface area contributed by atoms with Crippen LogP contribution in [0.15, 0.2) is 12.1 Å². The van der Waals surface area contributed by atoms with Crippen LogP contribution in [0.2, 0.25) is 0 Å². The Kier molecular flexibility index (Phi) is 2.31. The molecule has 0 atom stereocenters. The molecule has 1 heterocycles. The zero-order valence-corrected chi connectivity index (χ0v) is 6.79. The van der Waals surface area contributed by atoms with E-state index < -0.39 is 0 Å². The van der Waals surface area contributed by atoms with Crippen molar-refractivity contribution in [3.63, 3.8) is 0 Å². The zero-order chi connectivity index (χ0) is 8.27. The number of hydrogen-bond acceptors (Lipinski definition) is 3. The second kappa shape index (κ2) is 3.23. The highest BCUT2D eigenvalue weighted by Crippen LogP contribution is 2.14. The fraction of sp³-hybridized carbons (Fsp3) is 0.375. The van der Waals surface area contributed by atoms with Crippen molar-refractivity contribution in [1.82, 2.24) is 4.98 Å². The van der Waals surface area contributed by atoms with Gasteiger partial charge in [0.2, 0.25) is 0 Å². The molecule has 0 fully saturated rings. The molecule has 0 bridgehead atoms. The van der Waals surface area contributed by atoms with Gasteiger partial charge in [0.1, 0.15) is 11.6 Å². The number of hydrogen-bond donors (Lipinski definition) is 1. The zero-order valence-electron chi connectivity index (χ0n) is 6.79. The van der Waals surface area contributed by atoms with Crippen LogP contribution in [0, 0.1) is 6.92 Å². The van der Waals surface area contributed by atoms with E-state index in [1.807, 2.05) is 19.9 Å². The summed E-state index contributed by atoms with van der Waals surface area (Å²) in [4.78, 5) is 4.01. The molecule has 0 saturated heterocycles. The van der Waals surface area contributed by atoms with Gasteiger partial charge >= 0.3 is 0 Å². The van der Waals surface area contributed by atoms with Crippen molar-refractivity contribution in [2.45, 2.75) is 13.8 Å². The minimum atomic E-state index is 0.508. The highest BCUT2D eigenvalue weighted by atomic mass is 16.5. The Labute approximate surface area is 66.2 Å². The second-order valence-electron chi connectivity index (χ2n) is 2.30. The van der Waals surface area contributed by atoms with Gasteiger partial charge in [-0.2, -0.15) is 0 Å². The molecule has 1 rings (SSSR count). The van der Waals surface area contributed by atoms with Crippen molar-refractivity contribution >= 4 is 5.82 Å². The Hall–Kier alpha value is -1.25. The van der Waals surface area contributed by atoms with Gasteiger partial charge in [-0.3, -0.25) is 0 Å². The highest BCUT2D eigenvalue weighted by Gasteiger charge is 1.95. The Balaban J connectivity index is 2.89. The van der Waals surface area contributed by atoms with Crippen LogP contribution < -0.4 is 10.5 Å². The molecule has 0 aromatic carbocycles. The van der Waals surface area contributed by atoms with E-state index in [0.717, 1.165) is 11.4 Å². The van der Waals surface area contributed by atoms with Crippen LogP contribution in [0.4, 0.5) is 5.82 Å². The van der Waals surface area contributed by atoms with E-state index in [0.29, 0.717) is 12.4 Å². The lowest BCUT2D eigenvalue weighted by Crippen LogP contribution is -1.96. The van der Waals surface area contributed by atoms with Crippen LogP contribution in [0.5, 0.6) is 5.75 Å². The van der Waals surface area contributed by atoms with Crippen molar-refractivity contribution in [3.05, 3.63) is 17.8 Å². The van der Waals surface area contributed by atoms with Crippen LogP contribution in [0.3, 0.4) is 0 Å². The van der Waals surface area contributed by atoms with Gasteiger partial charge in [0, 0.05) is 17.8 Å². The SMILES string of the molecule is CCOc1cc(C)nc(N)c1. The highest BCUT2D eigenvalue weighted by molar-refractivity contribution is 5.38. The maximum absolute atomic E-state index is 5.50. The van der Waals surface area contributed by atoms with Crippen molar-refractivity contribution in [1.29, 1.82) is 0 Å². The lowest BCUT2D eigenvalue weighted by Gasteiger charge is -2.03. The van der Waals surface area contributed by atoms with Crippen molar-refractivity contribution < 1.29 is 4.74 Å². The molecular weight excluding hydrogens is 140 g/mol. The number of ether oxygens (including phenoxy) is 1. The van der Waals surface area contributed by atoms with E-state index in [1.54, 1.807) is 6.07 Å². The number of rotatable bonds is 2. The average Bonchev–Trinajstić information content (AvgIpc) is 1.85. The first kappa shape index (κ1) is 7.85. The van der Waals surface area contributed by atoms with Gasteiger partial charge in [-0.25, -0.2) is 4.98 Å². The summed E-state index contributed by atoms with van der Waals surface area (Å²) in [6.07, 6.45) is 0. The number of nitrogen functional groups attached to an aromatic ring is 1. The number of anilines is 1. The molecule has 0 spiro atoms. The van der Waals surface area contributed by atoms with Gasteiger partial charge < -0.3 is 10.5 Å². The Bertz CT molecular complexity index is 228. The third-order valence-corrected chi connectivity index (χ3v) is 1.26. The summed E-state index contributed by atoms with van der Waals surface area (Å²) in [6.45, 7) is 4.48. The van der Waals surface area contributed by atoms with Crippen LogP contribution >= 0.6 is 0 Å². The topological polar surface area (TPSA) is 48.1 Å². The third kappa shape index (κ3) is 2.11. The molecule has 0 radical (unpaired) electrons. The summed E-state index contributed by atoms with van der Waals surface area (Å²) in [7, 11) is 0. The lowest BCUT2D eigenvalue weighted by atomic mass is 10.3. The molecule has 0 saturated carbocycles. The summed E-state index contributed by atoms with van der Waals surface area (Å²) in [5.41, 5.74) is 6.38. The van der Waals surface area contributed by atoms with Gasteiger partial charge in [-0.1, -0.05) is 0 Å². The molecule has 2 N–H and O–H groups in total. The van der Waals surface area contributed by atoms with E-state index in [9.17, 15) is 0 Å². The van der Waals surface area contributed by atoms with Crippen LogP contribution in [0.1, 0.15) is 12.6 Å². The minimum absolute atomic E-state index is 0.508. The van der Waals surface area contributed by atoms with Crippen molar-refractivity contribution in [2.24, 2.45) is 0 Å². The number of pyridine rings is 1. The molecule has 0 aliphatic rings. The first-order valence-corrected chi connectivity index (χ1v) is 3.59. The predicted octanol–water partition coefficient (Wildman–Crippen LogP) is 1.37. The maximum atomic E-state index is 5.50. The third-order valence-electron chi connectivity index (χ3n) is 1.26. The van der Waals surface area contributed by atoms with Crippen LogP contribution in [-0.2, 0) is 0 Å². The Morgan fingerprint density at radius 3 is 2.82 bits per heavy atom. The molecule has 60 valence electrons. The first-order valence-electron chi connectivity index (χ1n) is 3.59. The molecule has 11 heavy (non-hydrogen) atoms. The van der Waals surface area contributed by atoms with Gasteiger partial charge in [0.15, 0.2) is 0 Å². The summed E-state index contributed by atoms with van der Waals surface area (Å²) in [5, 5.41) is 0. The summed E-state index contributed by atoms with van der Waals surface area (Å²) >= 11 is 0. The maximum Gasteiger partial charge on any atom is 0.127 e. The molecule has 0 aliphatic heterocycles. The number of nitrogens with zero attached hydrogens (tertiary/aromatic N) is 1. The molecule has 3 heteroatoms. The van der Waals surface area contributed by atoms with E-state index >= 15 is 0 Å². The number of aryl methyl sites for hydroxylation is 1. The molecule has 1 aromatic rings. The van der Waals surface area contributed by atoms with Crippen LogP contribution in [0.25, 0.3) is 0 Å². The fourth-order valence-electron chi connectivity index (χ4n) is 0.911. The van der Waals surface area contributed by atoms with Crippen LogP contribution in [-0.4, -0.2) is 11.6 Å². The standard InChI is InChI=1S/C8H12N2O/c1-3-11-7-4-6(2)10-8(9)5-7/h4-5H,3H2,1-2H3,(H2,9,10). The molecule has 1 aromatic heterocycles. The van der Waals surface area contributed by atoms with Gasteiger partial charge in [-0.05, 0) is 13.8 Å². The first-order chi connectivity index (χ1) is 5.22. The van der Waals surface area contributed by atoms with E-state index in [1.165, 1.54) is 0 Å². The fourth-order valence-corrected chi connectivity index (χ4v) is 0.911. The minimum Gasteiger partial charge on any atom is -0.494 e. The van der Waals surface area contributed by atoms with E-state index in [2.05, 4.69) is 4.98 Å². The quantitative estimate of drug-likeness (QED) is 0.696. The predicted molar refractivity (Wildman–Crippen MR) is 44.6 cm³/mol. The molecule has 3 nitrogen and oxygen atoms in total. The normalized spacial score (nSPS) is 9.64. The molecule has 0 amide bonds. The Morgan fingerprint density at radius 2 is 2.27 bits per heavy atom. The van der Waals surface area contributed by atoms with E-state index in [-0.39, 0.29) is 0 Å². The van der Waals surface area contributed by atoms with Gasteiger partial charge in [-0.15, -0.1) is 0 Å². The van der Waals surface area contributed by atoms with Crippen molar-refractivity contribution in [3.8, 4) is 5.75 Å². The number of aromatic nitrogens is 1. The summed E-state index contributed by atoms with van der Waals surface area (Å²) in [5.74, 6) is 1.30. The summed E-state index contributed by atoms with van der Waals surface area (Å²) in [6, 6.07) is 3.58. The lowest BCUT2D eigenvalue weighted by molar-refractivity contribution is 0.340. The monoisotopic (exact) mass is 152 g/mol. The van der Waals surface area contributed by atoms with Crippen molar-refractivity contribution in [2.75, 3.05) is 12.3 Å².